The van der Waals surface area contributed by atoms with Crippen LogP contribution in [0.2, 0.25) is 15.1 Å². The molecule has 6 heterocycles. The van der Waals surface area contributed by atoms with Gasteiger partial charge in [-0.15, -0.1) is 0 Å². The van der Waals surface area contributed by atoms with Gasteiger partial charge >= 0.3 is 16.7 Å². The molecule has 0 bridgehead atoms. The van der Waals surface area contributed by atoms with Gasteiger partial charge in [0, 0.05) is 66.0 Å². The summed E-state index contributed by atoms with van der Waals surface area (Å²) in [7, 11) is 2.10. The first-order valence-corrected chi connectivity index (χ1v) is 32.3. The summed E-state index contributed by atoms with van der Waals surface area (Å²) in [4.78, 5) is 52.9. The van der Waals surface area contributed by atoms with Gasteiger partial charge in [-0.1, -0.05) is 144 Å². The summed E-state index contributed by atoms with van der Waals surface area (Å²) in [6, 6.07) is 70.5. The summed E-state index contributed by atoms with van der Waals surface area (Å²) in [5, 5.41) is 24.3. The van der Waals surface area contributed by atoms with E-state index < -0.39 is 11.1 Å². The van der Waals surface area contributed by atoms with Gasteiger partial charge in [-0.3, -0.25) is 14.4 Å². The number of phenolic OH excluding ortho intramolecular Hbond substituents is 1. The van der Waals surface area contributed by atoms with Crippen LogP contribution in [-0.4, -0.2) is 91.7 Å². The summed E-state index contributed by atoms with van der Waals surface area (Å²) < 4.78 is 25.7. The molecule has 19 nitrogen and oxygen atoms in total. The average Bonchev–Trinajstić information content (AvgIpc) is 1.49. The molecule has 14 aromatic rings. The molecule has 22 heteroatoms. The van der Waals surface area contributed by atoms with E-state index in [0.717, 1.165) is 59.6 Å². The van der Waals surface area contributed by atoms with Gasteiger partial charge in [-0.25, -0.2) is 9.97 Å². The molecule has 9 aromatic carbocycles. The molecule has 99 heavy (non-hydrogen) atoms. The molecular weight excluding hydrogens is 1310 g/mol. The van der Waals surface area contributed by atoms with E-state index in [1.807, 2.05) is 121 Å². The van der Waals surface area contributed by atoms with E-state index in [-0.39, 0.29) is 28.6 Å². The third-order valence-electron chi connectivity index (χ3n) is 16.0. The second-order valence-corrected chi connectivity index (χ2v) is 23.9. The van der Waals surface area contributed by atoms with Crippen molar-refractivity contribution in [2.24, 2.45) is 0 Å². The van der Waals surface area contributed by atoms with Gasteiger partial charge in [0.25, 0.3) is 0 Å². The van der Waals surface area contributed by atoms with E-state index in [2.05, 4.69) is 54.2 Å². The van der Waals surface area contributed by atoms with Gasteiger partial charge in [0.1, 0.15) is 40.1 Å². The van der Waals surface area contributed by atoms with Crippen molar-refractivity contribution in [3.8, 4) is 102 Å². The standard InChI is InChI=1S/C27H25ClN4O2.C25H17ClN4O3.C25H17ClN4O2/c1-30-15-17-31(18-16-30)25-19-29-32(23-11-9-22(28)10-12-23)27(33)26(25)34-24-13-7-21(8-14-24)20-5-3-2-4-6-20;26-19-5-7-20(8-6-19)30-25(32)24(23(15-28-30)29-14-13-27-16-29)33-22-11-3-18(4-12-22)17-1-9-21(31)10-2-17;26-20-8-10-21(11-9-20)30-25(31)24(23(16-28-30)29-15-14-27-17-29)32-22-12-6-19(7-13-22)18-4-2-1-3-5-18/h2-14,19H,15-18H2,1H3;1-16,31H;1-17H. The number of benzene rings is 9. The lowest BCUT2D eigenvalue weighted by Gasteiger charge is -2.34. The molecule has 0 amide bonds. The number of piperazine rings is 1. The van der Waals surface area contributed by atoms with Crippen LogP contribution in [0.25, 0.3) is 61.8 Å². The lowest BCUT2D eigenvalue weighted by atomic mass is 10.1. The smallest absolute Gasteiger partial charge is 0.316 e. The number of hydrogen-bond donors (Lipinski definition) is 1. The third kappa shape index (κ3) is 15.6. The SMILES string of the molecule is CN1CCN(c2cnn(-c3ccc(Cl)cc3)c(=O)c2Oc2ccc(-c3ccccc3)cc2)CC1.O=c1c(Oc2ccc(-c3ccc(O)cc3)cc2)c(-n2ccnc2)cnn1-c1ccc(Cl)cc1.O=c1c(Oc2ccc(-c3ccccc3)cc2)c(-n2ccnc2)cnn1-c1ccc(Cl)cc1. The van der Waals surface area contributed by atoms with Crippen LogP contribution in [0.5, 0.6) is 40.2 Å². The summed E-state index contributed by atoms with van der Waals surface area (Å²) in [6.07, 6.45) is 14.7. The first kappa shape index (κ1) is 65.5. The van der Waals surface area contributed by atoms with Crippen LogP contribution < -0.4 is 35.8 Å². The highest BCUT2D eigenvalue weighted by molar-refractivity contribution is 6.31. The molecule has 0 unspecified atom stereocenters. The molecule has 1 fully saturated rings. The van der Waals surface area contributed by atoms with Crippen LogP contribution in [0, 0.1) is 0 Å². The Morgan fingerprint density at radius 3 is 0.990 bits per heavy atom. The first-order valence-electron chi connectivity index (χ1n) is 31.1. The maximum absolute atomic E-state index is 13.6. The predicted octanol–water partition coefficient (Wildman–Crippen LogP) is 15.9. The Kier molecular flexibility index (Phi) is 20.1. The first-order chi connectivity index (χ1) is 48.3. The van der Waals surface area contributed by atoms with Gasteiger partial charge in [-0.05, 0) is 162 Å². The molecule has 1 aliphatic heterocycles. The minimum Gasteiger partial charge on any atom is -0.508 e. The van der Waals surface area contributed by atoms with Crippen LogP contribution in [0.1, 0.15) is 0 Å². The largest absolute Gasteiger partial charge is 0.508 e. The molecule has 490 valence electrons. The summed E-state index contributed by atoms with van der Waals surface area (Å²) in [5.41, 5.74) is 8.57. The molecule has 0 radical (unpaired) electrons. The summed E-state index contributed by atoms with van der Waals surface area (Å²) in [5.74, 6) is 2.35. The van der Waals surface area contributed by atoms with Crippen molar-refractivity contribution in [1.29, 1.82) is 0 Å². The Balaban J connectivity index is 0.000000133. The number of anilines is 1. The Bertz CT molecular complexity index is 5200. The number of nitrogens with zero attached hydrogens (tertiary/aromatic N) is 12. The van der Waals surface area contributed by atoms with E-state index in [1.54, 1.807) is 162 Å². The number of aromatic nitrogens is 10. The van der Waals surface area contributed by atoms with E-state index in [1.165, 1.54) is 14.0 Å². The number of ether oxygens (including phenoxy) is 3. The zero-order chi connectivity index (χ0) is 68.2. The molecular formula is C77H59Cl3N12O7. The highest BCUT2D eigenvalue weighted by Gasteiger charge is 2.24. The van der Waals surface area contributed by atoms with Gasteiger partial charge in [0.2, 0.25) is 17.2 Å². The second kappa shape index (κ2) is 30.3. The fraction of sp³-hybridized carbons (Fsp3) is 0.0649. The van der Waals surface area contributed by atoms with Crippen LogP contribution >= 0.6 is 34.8 Å². The van der Waals surface area contributed by atoms with E-state index >= 15 is 0 Å². The molecule has 5 aromatic heterocycles. The highest BCUT2D eigenvalue weighted by Crippen LogP contribution is 2.34. The maximum Gasteiger partial charge on any atom is 0.316 e. The van der Waals surface area contributed by atoms with Crippen molar-refractivity contribution in [3.63, 3.8) is 0 Å². The molecule has 0 saturated carbocycles. The fourth-order valence-electron chi connectivity index (χ4n) is 10.7. The Hall–Kier alpha value is -12.1. The molecule has 0 atom stereocenters. The average molecular weight is 1370 g/mol. The van der Waals surface area contributed by atoms with Crippen molar-refractivity contribution < 1.29 is 19.3 Å². The van der Waals surface area contributed by atoms with Crippen LogP contribution in [-0.2, 0) is 0 Å². The maximum atomic E-state index is 13.6. The van der Waals surface area contributed by atoms with Crippen molar-refractivity contribution in [3.05, 3.63) is 333 Å². The van der Waals surface area contributed by atoms with E-state index in [9.17, 15) is 19.5 Å². The zero-order valence-electron chi connectivity index (χ0n) is 52.9. The van der Waals surface area contributed by atoms with Gasteiger partial charge in [0.05, 0.1) is 48.3 Å². The fourth-order valence-corrected chi connectivity index (χ4v) is 11.1. The predicted molar refractivity (Wildman–Crippen MR) is 386 cm³/mol. The summed E-state index contributed by atoms with van der Waals surface area (Å²) in [6.45, 7) is 3.41. The molecule has 1 N–H and O–H groups in total. The number of aromatic hydroxyl groups is 1. The number of imidazole rings is 2. The van der Waals surface area contributed by atoms with Crippen LogP contribution in [0.15, 0.2) is 301 Å². The summed E-state index contributed by atoms with van der Waals surface area (Å²) >= 11 is 18.0. The van der Waals surface area contributed by atoms with Gasteiger partial charge in [-0.2, -0.15) is 29.3 Å². The van der Waals surface area contributed by atoms with Crippen molar-refractivity contribution in [1.82, 2.24) is 53.3 Å². The number of rotatable bonds is 15. The lowest BCUT2D eigenvalue weighted by Crippen LogP contribution is -2.45. The second-order valence-electron chi connectivity index (χ2n) is 22.5. The third-order valence-corrected chi connectivity index (χ3v) is 16.8. The number of likely N-dealkylation sites (N-methyl/N-ethyl adjacent to an activating group) is 1. The molecule has 0 spiro atoms. The minimum absolute atomic E-state index is 0.107. The Morgan fingerprint density at radius 1 is 0.364 bits per heavy atom. The molecule has 1 aliphatic rings. The van der Waals surface area contributed by atoms with Crippen molar-refractivity contribution >= 4 is 40.5 Å². The van der Waals surface area contributed by atoms with Gasteiger partial charge in [0.15, 0.2) is 0 Å². The van der Waals surface area contributed by atoms with Crippen LogP contribution in [0.4, 0.5) is 5.69 Å². The number of phenols is 1. The molecule has 15 rings (SSSR count). The minimum atomic E-state index is -0.425. The monoisotopic (exact) mass is 1370 g/mol. The quantitative estimate of drug-likeness (QED) is 0.102. The highest BCUT2D eigenvalue weighted by atomic mass is 35.5. The molecule has 0 aliphatic carbocycles. The van der Waals surface area contributed by atoms with Crippen molar-refractivity contribution in [2.45, 2.75) is 0 Å². The zero-order valence-corrected chi connectivity index (χ0v) is 55.1. The van der Waals surface area contributed by atoms with Gasteiger partial charge < -0.3 is 38.3 Å². The van der Waals surface area contributed by atoms with E-state index in [4.69, 9.17) is 49.0 Å². The lowest BCUT2D eigenvalue weighted by molar-refractivity contribution is 0.311. The van der Waals surface area contributed by atoms with E-state index in [0.29, 0.717) is 66.4 Å². The molecule has 1 saturated heterocycles. The van der Waals surface area contributed by atoms with Crippen molar-refractivity contribution in [2.75, 3.05) is 38.1 Å². The Morgan fingerprint density at radius 2 is 0.667 bits per heavy atom. The number of halogens is 3. The van der Waals surface area contributed by atoms with Crippen LogP contribution in [0.3, 0.4) is 0 Å². The topological polar surface area (TPSA) is 195 Å². The Labute approximate surface area is 582 Å². The number of hydrogen-bond acceptors (Lipinski definition) is 14. The normalized spacial score (nSPS) is 12.0.